The van der Waals surface area contributed by atoms with Gasteiger partial charge in [-0.25, -0.2) is 4.98 Å². The predicted octanol–water partition coefficient (Wildman–Crippen LogP) is 2.61. The van der Waals surface area contributed by atoms with Crippen molar-refractivity contribution in [3.8, 4) is 11.3 Å². The molecule has 0 aliphatic carbocycles. The number of carbonyl (C=O) groups excluding carboxylic acids is 2. The summed E-state index contributed by atoms with van der Waals surface area (Å²) in [5.41, 5.74) is 1.95. The number of carbonyl (C=O) groups is 2. The lowest BCUT2D eigenvalue weighted by molar-refractivity contribution is -0.307. The van der Waals surface area contributed by atoms with Crippen LogP contribution in [0.15, 0.2) is 29.6 Å². The first-order valence-corrected chi connectivity index (χ1v) is 8.15. The number of amides is 1. The minimum atomic E-state index is -1.15. The normalized spacial score (nSPS) is 11.3. The smallest absolute Gasteiger partial charge is 0.224 e. The van der Waals surface area contributed by atoms with E-state index in [0.29, 0.717) is 5.69 Å². The van der Waals surface area contributed by atoms with Gasteiger partial charge in [-0.1, -0.05) is 26.0 Å². The van der Waals surface area contributed by atoms with Crippen LogP contribution in [0.3, 0.4) is 0 Å². The predicted molar refractivity (Wildman–Crippen MR) is 88.9 cm³/mol. The number of aliphatic carboxylic acids is 1. The maximum atomic E-state index is 12.0. The quantitative estimate of drug-likeness (QED) is 0.882. The molecule has 0 saturated carbocycles. The summed E-state index contributed by atoms with van der Waals surface area (Å²) in [4.78, 5) is 27.1. The number of benzene rings is 1. The van der Waals surface area contributed by atoms with Crippen LogP contribution in [0.5, 0.6) is 0 Å². The first kappa shape index (κ1) is 17.1. The van der Waals surface area contributed by atoms with Crippen LogP contribution in [0.25, 0.3) is 11.3 Å². The molecule has 122 valence electrons. The summed E-state index contributed by atoms with van der Waals surface area (Å²) in [7, 11) is 0. The van der Waals surface area contributed by atoms with E-state index in [1.807, 2.05) is 36.6 Å². The van der Waals surface area contributed by atoms with Gasteiger partial charge in [-0.3, -0.25) is 4.79 Å². The molecule has 0 unspecified atom stereocenters. The van der Waals surface area contributed by atoms with Crippen LogP contribution in [-0.2, 0) is 9.59 Å². The highest BCUT2D eigenvalue weighted by Crippen LogP contribution is 2.26. The van der Waals surface area contributed by atoms with Gasteiger partial charge < -0.3 is 15.2 Å². The summed E-state index contributed by atoms with van der Waals surface area (Å²) in [6, 6.07) is 7.42. The average Bonchev–Trinajstić information content (AvgIpc) is 2.83. The number of thiazole rings is 1. The Morgan fingerprint density at radius 1 is 1.22 bits per heavy atom. The third-order valence-electron chi connectivity index (χ3n) is 3.35. The molecular formula is C17H19N2O3S-. The molecule has 23 heavy (non-hydrogen) atoms. The lowest BCUT2D eigenvalue weighted by Crippen LogP contribution is -2.31. The number of nitrogens with zero attached hydrogens (tertiary/aromatic N) is 1. The first-order valence-electron chi connectivity index (χ1n) is 7.27. The van der Waals surface area contributed by atoms with Gasteiger partial charge in [-0.15, -0.1) is 11.3 Å². The van der Waals surface area contributed by atoms with Gasteiger partial charge in [0.05, 0.1) is 10.7 Å². The maximum Gasteiger partial charge on any atom is 0.224 e. The molecule has 6 heteroatoms. The zero-order valence-electron chi connectivity index (χ0n) is 13.4. The van der Waals surface area contributed by atoms with Crippen molar-refractivity contribution >= 4 is 28.9 Å². The number of hydrogen-bond donors (Lipinski definition) is 1. The van der Waals surface area contributed by atoms with Crippen LogP contribution in [-0.4, -0.2) is 16.9 Å². The molecule has 2 rings (SSSR count). The Kier molecular flexibility index (Phi) is 5.15. The summed E-state index contributed by atoms with van der Waals surface area (Å²) in [5.74, 6) is -1.36. The Hall–Kier alpha value is -2.21. The number of rotatable bonds is 6. The molecule has 0 atom stereocenters. The van der Waals surface area contributed by atoms with Gasteiger partial charge in [0.1, 0.15) is 0 Å². The summed E-state index contributed by atoms with van der Waals surface area (Å²) >= 11 is 1.59. The highest BCUT2D eigenvalue weighted by Gasteiger charge is 2.22. The highest BCUT2D eigenvalue weighted by atomic mass is 32.1. The van der Waals surface area contributed by atoms with E-state index in [-0.39, 0.29) is 18.7 Å². The van der Waals surface area contributed by atoms with Crippen LogP contribution < -0.4 is 10.4 Å². The van der Waals surface area contributed by atoms with E-state index in [2.05, 4.69) is 10.3 Å². The number of hydrogen-bond acceptors (Lipinski definition) is 5. The van der Waals surface area contributed by atoms with Crippen molar-refractivity contribution in [1.82, 2.24) is 4.98 Å². The van der Waals surface area contributed by atoms with Gasteiger partial charge in [0.25, 0.3) is 0 Å². The fourth-order valence-electron chi connectivity index (χ4n) is 2.31. The van der Waals surface area contributed by atoms with Crippen molar-refractivity contribution in [3.63, 3.8) is 0 Å². The molecule has 0 aliphatic rings. The van der Waals surface area contributed by atoms with Crippen LogP contribution >= 0.6 is 11.3 Å². The first-order chi connectivity index (χ1) is 10.7. The van der Waals surface area contributed by atoms with Crippen molar-refractivity contribution in [1.29, 1.82) is 0 Å². The second kappa shape index (κ2) is 6.91. The Bertz CT molecular complexity index is 705. The van der Waals surface area contributed by atoms with E-state index < -0.39 is 11.4 Å². The molecule has 0 fully saturated rings. The van der Waals surface area contributed by atoms with Gasteiger partial charge >= 0.3 is 0 Å². The summed E-state index contributed by atoms with van der Waals surface area (Å²) < 4.78 is 0. The maximum absolute atomic E-state index is 12.0. The molecule has 1 aromatic carbocycles. The van der Waals surface area contributed by atoms with Gasteiger partial charge in [0.15, 0.2) is 0 Å². The van der Waals surface area contributed by atoms with Crippen molar-refractivity contribution in [2.45, 2.75) is 33.6 Å². The zero-order valence-corrected chi connectivity index (χ0v) is 14.2. The fourth-order valence-corrected chi connectivity index (χ4v) is 2.94. The Balaban J connectivity index is 1.98. The van der Waals surface area contributed by atoms with Crippen LogP contribution in [0.2, 0.25) is 0 Å². The Morgan fingerprint density at radius 3 is 2.39 bits per heavy atom. The van der Waals surface area contributed by atoms with Crippen molar-refractivity contribution in [2.75, 3.05) is 5.32 Å². The van der Waals surface area contributed by atoms with Crippen LogP contribution in [0.4, 0.5) is 5.69 Å². The molecule has 0 spiro atoms. The lowest BCUT2D eigenvalue weighted by Gasteiger charge is -2.24. The number of nitrogens with one attached hydrogen (secondary N) is 1. The minimum absolute atomic E-state index is 0.119. The minimum Gasteiger partial charge on any atom is -0.550 e. The highest BCUT2D eigenvalue weighted by molar-refractivity contribution is 7.09. The zero-order chi connectivity index (χ0) is 17.0. The van der Waals surface area contributed by atoms with Crippen LogP contribution in [0.1, 0.15) is 31.7 Å². The van der Waals surface area contributed by atoms with Crippen molar-refractivity contribution < 1.29 is 14.7 Å². The van der Waals surface area contributed by atoms with E-state index in [1.165, 1.54) is 0 Å². The van der Waals surface area contributed by atoms with Gasteiger partial charge in [-0.05, 0) is 30.9 Å². The second-order valence-electron chi connectivity index (χ2n) is 6.27. The Labute approximate surface area is 139 Å². The van der Waals surface area contributed by atoms with E-state index in [1.54, 1.807) is 25.2 Å². The average molecular weight is 331 g/mol. The number of aromatic nitrogens is 1. The summed E-state index contributed by atoms with van der Waals surface area (Å²) in [6.45, 7) is 5.42. The number of carboxylic acids is 1. The third-order valence-corrected chi connectivity index (χ3v) is 4.12. The molecule has 0 aliphatic heterocycles. The number of aryl methyl sites for hydroxylation is 1. The molecular weight excluding hydrogens is 312 g/mol. The lowest BCUT2D eigenvalue weighted by atomic mass is 9.85. The molecule has 1 N–H and O–H groups in total. The molecule has 5 nitrogen and oxygen atoms in total. The monoisotopic (exact) mass is 331 g/mol. The van der Waals surface area contributed by atoms with E-state index >= 15 is 0 Å². The molecule has 0 saturated heterocycles. The second-order valence-corrected chi connectivity index (χ2v) is 7.33. The van der Waals surface area contributed by atoms with Gasteiger partial charge in [-0.2, -0.15) is 0 Å². The van der Waals surface area contributed by atoms with Crippen molar-refractivity contribution in [2.24, 2.45) is 5.41 Å². The fraction of sp³-hybridized carbons (Fsp3) is 0.353. The molecule has 1 heterocycles. The molecule has 2 aromatic rings. The number of carboxylic acid groups (broad SMARTS) is 1. The Morgan fingerprint density at radius 2 is 1.87 bits per heavy atom. The van der Waals surface area contributed by atoms with E-state index in [4.69, 9.17) is 0 Å². The topological polar surface area (TPSA) is 82.1 Å². The summed E-state index contributed by atoms with van der Waals surface area (Å²) in [5, 5.41) is 16.5. The van der Waals surface area contributed by atoms with Crippen molar-refractivity contribution in [3.05, 3.63) is 34.7 Å². The van der Waals surface area contributed by atoms with Crippen LogP contribution in [0, 0.1) is 12.3 Å². The third kappa shape index (κ3) is 5.17. The van der Waals surface area contributed by atoms with E-state index in [0.717, 1.165) is 16.3 Å². The van der Waals surface area contributed by atoms with Gasteiger partial charge in [0, 0.05) is 29.0 Å². The SMILES string of the molecule is Cc1nc(-c2ccc(NC(=O)CC(C)(C)CC(=O)[O-])cc2)cs1. The molecule has 0 radical (unpaired) electrons. The standard InChI is InChI=1S/C17H20N2O3S/c1-11-18-14(10-23-11)12-4-6-13(7-5-12)19-15(20)8-17(2,3)9-16(21)22/h4-7,10H,8-9H2,1-3H3,(H,19,20)(H,21,22)/p-1. The largest absolute Gasteiger partial charge is 0.550 e. The molecule has 1 amide bonds. The van der Waals surface area contributed by atoms with Gasteiger partial charge in [0.2, 0.25) is 5.91 Å². The van der Waals surface area contributed by atoms with E-state index in [9.17, 15) is 14.7 Å². The summed E-state index contributed by atoms with van der Waals surface area (Å²) in [6.07, 6.45) is -0.0312. The molecule has 1 aromatic heterocycles. The number of anilines is 1. The molecule has 0 bridgehead atoms.